The van der Waals surface area contributed by atoms with Crippen LogP contribution in [0.2, 0.25) is 0 Å². The number of nitriles is 1. The Balaban J connectivity index is 2.04. The normalized spacial score (nSPS) is 11.1. The van der Waals surface area contributed by atoms with Gasteiger partial charge >= 0.3 is 0 Å². The Hall–Kier alpha value is -1.47. The number of hydrogen-bond acceptors (Lipinski definition) is 4. The van der Waals surface area contributed by atoms with E-state index in [2.05, 4.69) is 21.6 Å². The minimum atomic E-state index is -0.190. The zero-order valence-corrected chi connectivity index (χ0v) is 10.6. The average molecular weight is 232 g/mol. The van der Waals surface area contributed by atoms with Crippen LogP contribution in [0.25, 0.3) is 0 Å². The molecule has 0 saturated carbocycles. The zero-order chi connectivity index (χ0) is 12.6. The molecule has 1 N–H and O–H groups in total. The van der Waals surface area contributed by atoms with Crippen molar-refractivity contribution in [2.45, 2.75) is 39.7 Å². The molecular weight excluding hydrogens is 212 g/mol. The fourth-order valence-electron chi connectivity index (χ4n) is 1.52. The Kier molecular flexibility index (Phi) is 5.58. The van der Waals surface area contributed by atoms with Crippen molar-refractivity contribution >= 4 is 0 Å². The second-order valence-corrected chi connectivity index (χ2v) is 4.84. The lowest BCUT2D eigenvalue weighted by Gasteiger charge is -2.14. The maximum atomic E-state index is 8.86. The van der Waals surface area contributed by atoms with Crippen LogP contribution in [-0.4, -0.2) is 16.7 Å². The highest BCUT2D eigenvalue weighted by Gasteiger charge is 2.15. The quantitative estimate of drug-likeness (QED) is 0.733. The van der Waals surface area contributed by atoms with Gasteiger partial charge in [0.2, 0.25) is 0 Å². The molecule has 1 rings (SSSR count). The van der Waals surface area contributed by atoms with Gasteiger partial charge < -0.3 is 5.32 Å². The van der Waals surface area contributed by atoms with E-state index in [9.17, 15) is 0 Å². The van der Waals surface area contributed by atoms with Crippen molar-refractivity contribution < 1.29 is 0 Å². The lowest BCUT2D eigenvalue weighted by molar-refractivity contribution is 0.422. The molecule has 0 spiro atoms. The molecular formula is C13H20N4. The summed E-state index contributed by atoms with van der Waals surface area (Å²) in [6.45, 7) is 5.69. The van der Waals surface area contributed by atoms with E-state index in [1.54, 1.807) is 6.20 Å². The molecule has 0 aliphatic heterocycles. The SMILES string of the molecule is CC(C)(C#N)CCCCNCc1cccnn1. The Labute approximate surface area is 103 Å². The molecule has 0 atom stereocenters. The number of rotatable bonds is 7. The molecule has 1 aromatic rings. The minimum Gasteiger partial charge on any atom is -0.311 e. The smallest absolute Gasteiger partial charge is 0.0768 e. The van der Waals surface area contributed by atoms with E-state index >= 15 is 0 Å². The standard InChI is InChI=1S/C13H20N4/c1-13(2,11-14)7-3-4-8-15-10-12-6-5-9-16-17-12/h5-6,9,15H,3-4,7-8,10H2,1-2H3. The largest absolute Gasteiger partial charge is 0.311 e. The van der Waals surface area contributed by atoms with Gasteiger partial charge in [-0.25, -0.2) is 0 Å². The highest BCUT2D eigenvalue weighted by Crippen LogP contribution is 2.21. The summed E-state index contributed by atoms with van der Waals surface area (Å²) >= 11 is 0. The summed E-state index contributed by atoms with van der Waals surface area (Å²) in [7, 11) is 0. The van der Waals surface area contributed by atoms with E-state index in [-0.39, 0.29) is 5.41 Å². The van der Waals surface area contributed by atoms with Crippen LogP contribution in [0.3, 0.4) is 0 Å². The summed E-state index contributed by atoms with van der Waals surface area (Å²) in [5, 5.41) is 20.0. The molecule has 1 aromatic heterocycles. The molecule has 0 radical (unpaired) electrons. The fourth-order valence-corrected chi connectivity index (χ4v) is 1.52. The molecule has 0 aliphatic carbocycles. The van der Waals surface area contributed by atoms with Gasteiger partial charge in [-0.15, -0.1) is 0 Å². The van der Waals surface area contributed by atoms with Crippen LogP contribution in [0, 0.1) is 16.7 Å². The predicted octanol–water partition coefficient (Wildman–Crippen LogP) is 2.29. The molecule has 1 heterocycles. The second kappa shape index (κ2) is 6.97. The van der Waals surface area contributed by atoms with Crippen LogP contribution < -0.4 is 5.32 Å². The van der Waals surface area contributed by atoms with Crippen molar-refractivity contribution in [2.75, 3.05) is 6.54 Å². The molecule has 92 valence electrons. The van der Waals surface area contributed by atoms with Gasteiger partial charge in [-0.2, -0.15) is 15.5 Å². The molecule has 0 aliphatic rings. The van der Waals surface area contributed by atoms with Crippen LogP contribution in [0.15, 0.2) is 18.3 Å². The fraction of sp³-hybridized carbons (Fsp3) is 0.615. The molecule has 0 fully saturated rings. The number of aromatic nitrogens is 2. The van der Waals surface area contributed by atoms with E-state index in [0.29, 0.717) is 0 Å². The monoisotopic (exact) mass is 232 g/mol. The third-order valence-electron chi connectivity index (χ3n) is 2.64. The summed E-state index contributed by atoms with van der Waals surface area (Å²) in [5.74, 6) is 0. The molecule has 17 heavy (non-hydrogen) atoms. The Morgan fingerprint density at radius 3 is 2.88 bits per heavy atom. The lowest BCUT2D eigenvalue weighted by atomic mass is 9.89. The second-order valence-electron chi connectivity index (χ2n) is 4.84. The Bertz CT molecular complexity index is 353. The van der Waals surface area contributed by atoms with Gasteiger partial charge in [0.15, 0.2) is 0 Å². The molecule has 0 amide bonds. The number of nitrogens with zero attached hydrogens (tertiary/aromatic N) is 3. The molecule has 4 heteroatoms. The highest BCUT2D eigenvalue weighted by atomic mass is 15.1. The van der Waals surface area contributed by atoms with Crippen molar-refractivity contribution in [1.82, 2.24) is 15.5 Å². The van der Waals surface area contributed by atoms with E-state index in [1.807, 2.05) is 26.0 Å². The van der Waals surface area contributed by atoms with Crippen molar-refractivity contribution in [1.29, 1.82) is 5.26 Å². The highest BCUT2D eigenvalue weighted by molar-refractivity contribution is 4.98. The first-order chi connectivity index (χ1) is 8.14. The number of hydrogen-bond donors (Lipinski definition) is 1. The lowest BCUT2D eigenvalue weighted by Crippen LogP contribution is -2.16. The molecule has 0 bridgehead atoms. The Morgan fingerprint density at radius 1 is 1.41 bits per heavy atom. The van der Waals surface area contributed by atoms with Crippen molar-refractivity contribution in [3.63, 3.8) is 0 Å². The van der Waals surface area contributed by atoms with E-state index in [4.69, 9.17) is 5.26 Å². The van der Waals surface area contributed by atoms with Crippen LogP contribution in [0.4, 0.5) is 0 Å². The van der Waals surface area contributed by atoms with Gasteiger partial charge in [0.05, 0.1) is 17.2 Å². The van der Waals surface area contributed by atoms with Crippen LogP contribution in [0.5, 0.6) is 0 Å². The molecule has 0 saturated heterocycles. The van der Waals surface area contributed by atoms with Crippen molar-refractivity contribution in [3.05, 3.63) is 24.0 Å². The van der Waals surface area contributed by atoms with Crippen LogP contribution >= 0.6 is 0 Å². The summed E-state index contributed by atoms with van der Waals surface area (Å²) in [6.07, 6.45) is 4.79. The summed E-state index contributed by atoms with van der Waals surface area (Å²) < 4.78 is 0. The average Bonchev–Trinajstić information content (AvgIpc) is 2.35. The Morgan fingerprint density at radius 2 is 2.24 bits per heavy atom. The van der Waals surface area contributed by atoms with Gasteiger partial charge in [0.1, 0.15) is 0 Å². The maximum absolute atomic E-state index is 8.86. The van der Waals surface area contributed by atoms with E-state index in [0.717, 1.165) is 38.0 Å². The summed E-state index contributed by atoms with van der Waals surface area (Å²) in [5.41, 5.74) is 0.773. The number of nitrogens with one attached hydrogen (secondary N) is 1. The van der Waals surface area contributed by atoms with Gasteiger partial charge in [0.25, 0.3) is 0 Å². The first-order valence-corrected chi connectivity index (χ1v) is 6.02. The van der Waals surface area contributed by atoms with Gasteiger partial charge in [-0.3, -0.25) is 0 Å². The van der Waals surface area contributed by atoms with E-state index in [1.165, 1.54) is 0 Å². The van der Waals surface area contributed by atoms with Crippen molar-refractivity contribution in [3.8, 4) is 6.07 Å². The first kappa shape index (κ1) is 13.6. The third-order valence-corrected chi connectivity index (χ3v) is 2.64. The third kappa shape index (κ3) is 5.98. The van der Waals surface area contributed by atoms with Crippen LogP contribution in [-0.2, 0) is 6.54 Å². The maximum Gasteiger partial charge on any atom is 0.0768 e. The van der Waals surface area contributed by atoms with Gasteiger partial charge in [-0.1, -0.05) is 6.42 Å². The minimum absolute atomic E-state index is 0.190. The summed E-state index contributed by atoms with van der Waals surface area (Å²) in [6, 6.07) is 6.16. The predicted molar refractivity (Wildman–Crippen MR) is 67.0 cm³/mol. The van der Waals surface area contributed by atoms with Crippen molar-refractivity contribution in [2.24, 2.45) is 5.41 Å². The topological polar surface area (TPSA) is 61.6 Å². The van der Waals surface area contributed by atoms with Crippen LogP contribution in [0.1, 0.15) is 38.8 Å². The van der Waals surface area contributed by atoms with E-state index < -0.39 is 0 Å². The van der Waals surface area contributed by atoms with Gasteiger partial charge in [-0.05, 0) is 45.4 Å². The molecule has 0 unspecified atom stereocenters. The van der Waals surface area contributed by atoms with Gasteiger partial charge in [0, 0.05) is 12.7 Å². The summed E-state index contributed by atoms with van der Waals surface area (Å²) in [4.78, 5) is 0. The zero-order valence-electron chi connectivity index (χ0n) is 10.6. The first-order valence-electron chi connectivity index (χ1n) is 6.02. The molecule has 0 aromatic carbocycles. The molecule has 4 nitrogen and oxygen atoms in total. The number of unbranched alkanes of at least 4 members (excludes halogenated alkanes) is 1.